The second-order valence-electron chi connectivity index (χ2n) is 8.91. The van der Waals surface area contributed by atoms with Crippen LogP contribution in [0.2, 0.25) is 0 Å². The maximum absolute atomic E-state index is 13.4. The van der Waals surface area contributed by atoms with Gasteiger partial charge in [0.1, 0.15) is 5.82 Å². The van der Waals surface area contributed by atoms with E-state index in [1.54, 1.807) is 12.1 Å². The molecule has 1 aliphatic carbocycles. The van der Waals surface area contributed by atoms with E-state index in [9.17, 15) is 14.3 Å². The van der Waals surface area contributed by atoms with E-state index in [1.807, 2.05) is 0 Å². The monoisotopic (exact) mass is 402 g/mol. The van der Waals surface area contributed by atoms with Gasteiger partial charge >= 0.3 is 0 Å². The number of piperidine rings is 1. The molecule has 1 amide bonds. The number of nitrogens with zero attached hydrogens (tertiary/aromatic N) is 1. The Hall–Kier alpha value is -1.72. The van der Waals surface area contributed by atoms with E-state index in [1.165, 1.54) is 17.7 Å². The van der Waals surface area contributed by atoms with Gasteiger partial charge in [-0.05, 0) is 63.6 Å². The van der Waals surface area contributed by atoms with E-state index in [-0.39, 0.29) is 23.7 Å². The van der Waals surface area contributed by atoms with E-state index in [0.717, 1.165) is 64.6 Å². The van der Waals surface area contributed by atoms with Crippen molar-refractivity contribution in [2.45, 2.75) is 70.4 Å². The lowest BCUT2D eigenvalue weighted by atomic mass is 9.79. The smallest absolute Gasteiger partial charge is 0.257 e. The Morgan fingerprint density at radius 2 is 1.79 bits per heavy atom. The normalized spacial score (nSPS) is 21.0. The molecule has 1 aromatic rings. The second-order valence-corrected chi connectivity index (χ2v) is 8.91. The highest BCUT2D eigenvalue weighted by Crippen LogP contribution is 2.41. The lowest BCUT2D eigenvalue weighted by molar-refractivity contribution is -0.148. The van der Waals surface area contributed by atoms with E-state index < -0.39 is 5.60 Å². The van der Waals surface area contributed by atoms with Crippen molar-refractivity contribution in [1.82, 2.24) is 10.2 Å². The zero-order valence-corrected chi connectivity index (χ0v) is 17.8. The highest BCUT2D eigenvalue weighted by atomic mass is 19.1. The number of carbonyl (C=O) groups excluding carboxylic acids is 1. The summed E-state index contributed by atoms with van der Waals surface area (Å²) in [5.74, 6) is -0.792. The zero-order chi connectivity index (χ0) is 20.9. The Labute approximate surface area is 174 Å². The zero-order valence-electron chi connectivity index (χ0n) is 17.8. The average Bonchev–Trinajstić information content (AvgIpc) is 3.24. The number of hydrogen-bond acceptors (Lipinski definition) is 3. The summed E-state index contributed by atoms with van der Waals surface area (Å²) in [5.41, 5.74) is 0.270. The molecule has 1 saturated carbocycles. The molecule has 0 radical (unpaired) electrons. The van der Waals surface area contributed by atoms with Crippen LogP contribution >= 0.6 is 0 Å². The number of benzene rings is 1. The summed E-state index contributed by atoms with van der Waals surface area (Å²) in [6.07, 6.45) is 8.80. The molecule has 1 heterocycles. The van der Waals surface area contributed by atoms with Crippen molar-refractivity contribution < 1.29 is 14.3 Å². The topological polar surface area (TPSA) is 52.6 Å². The molecular formula is C24H35FN2O2. The second kappa shape index (κ2) is 9.86. The van der Waals surface area contributed by atoms with Gasteiger partial charge in [-0.2, -0.15) is 0 Å². The lowest BCUT2D eigenvalue weighted by Gasteiger charge is -2.37. The van der Waals surface area contributed by atoms with E-state index >= 15 is 0 Å². The Morgan fingerprint density at radius 3 is 2.38 bits per heavy atom. The summed E-state index contributed by atoms with van der Waals surface area (Å²) >= 11 is 0. The fourth-order valence-electron chi connectivity index (χ4n) is 4.73. The summed E-state index contributed by atoms with van der Waals surface area (Å²) in [6.45, 7) is 7.20. The third-order valence-electron chi connectivity index (χ3n) is 6.50. The molecule has 5 heteroatoms. The van der Waals surface area contributed by atoms with E-state index in [0.29, 0.717) is 5.56 Å². The predicted octanol–water partition coefficient (Wildman–Crippen LogP) is 4.14. The van der Waals surface area contributed by atoms with Gasteiger partial charge in [0.05, 0.1) is 0 Å². The highest BCUT2D eigenvalue weighted by Gasteiger charge is 2.47. The van der Waals surface area contributed by atoms with Crippen molar-refractivity contribution in [3.8, 4) is 0 Å². The fourth-order valence-corrected chi connectivity index (χ4v) is 4.73. The molecular weight excluding hydrogens is 367 g/mol. The van der Waals surface area contributed by atoms with Crippen molar-refractivity contribution in [2.75, 3.05) is 19.6 Å². The molecule has 160 valence electrons. The van der Waals surface area contributed by atoms with Gasteiger partial charge in [-0.3, -0.25) is 4.79 Å². The number of allylic oxidation sites excluding steroid dienone is 1. The third kappa shape index (κ3) is 5.46. The van der Waals surface area contributed by atoms with Crippen molar-refractivity contribution in [3.63, 3.8) is 0 Å². The van der Waals surface area contributed by atoms with Gasteiger partial charge in [-0.15, -0.1) is 0 Å². The van der Waals surface area contributed by atoms with Crippen LogP contribution in [0.25, 0.3) is 0 Å². The Bertz CT molecular complexity index is 700. The van der Waals surface area contributed by atoms with Crippen molar-refractivity contribution in [1.29, 1.82) is 0 Å². The Balaban J connectivity index is 1.62. The molecule has 0 aromatic heterocycles. The first-order valence-corrected chi connectivity index (χ1v) is 11.0. The first-order valence-electron chi connectivity index (χ1n) is 11.0. The minimum Gasteiger partial charge on any atom is -0.375 e. The molecule has 4 nitrogen and oxygen atoms in total. The van der Waals surface area contributed by atoms with Gasteiger partial charge in [-0.25, -0.2) is 4.39 Å². The van der Waals surface area contributed by atoms with Gasteiger partial charge in [-0.1, -0.05) is 36.6 Å². The van der Waals surface area contributed by atoms with Gasteiger partial charge in [0.15, 0.2) is 5.60 Å². The predicted molar refractivity (Wildman–Crippen MR) is 114 cm³/mol. The highest BCUT2D eigenvalue weighted by molar-refractivity contribution is 5.87. The van der Waals surface area contributed by atoms with Crippen LogP contribution in [-0.2, 0) is 10.4 Å². The summed E-state index contributed by atoms with van der Waals surface area (Å²) in [4.78, 5) is 15.7. The van der Waals surface area contributed by atoms with Gasteiger partial charge < -0.3 is 15.3 Å². The van der Waals surface area contributed by atoms with Crippen LogP contribution in [0.3, 0.4) is 0 Å². The number of halogens is 1. The van der Waals surface area contributed by atoms with Crippen molar-refractivity contribution in [3.05, 3.63) is 47.3 Å². The summed E-state index contributed by atoms with van der Waals surface area (Å²) in [6, 6.07) is 5.84. The minimum absolute atomic E-state index is 0.0792. The van der Waals surface area contributed by atoms with Gasteiger partial charge in [0, 0.05) is 31.6 Å². The molecule has 3 rings (SSSR count). The van der Waals surface area contributed by atoms with Crippen LogP contribution in [0.15, 0.2) is 35.9 Å². The van der Waals surface area contributed by atoms with Crippen LogP contribution in [0.1, 0.15) is 64.4 Å². The third-order valence-corrected chi connectivity index (χ3v) is 6.50. The van der Waals surface area contributed by atoms with Crippen LogP contribution in [0.5, 0.6) is 0 Å². The largest absolute Gasteiger partial charge is 0.375 e. The van der Waals surface area contributed by atoms with Crippen LogP contribution in [0.4, 0.5) is 4.39 Å². The quantitative estimate of drug-likeness (QED) is 0.674. The Morgan fingerprint density at radius 1 is 1.17 bits per heavy atom. The lowest BCUT2D eigenvalue weighted by Crippen LogP contribution is -2.54. The number of aliphatic hydroxyl groups is 1. The molecule has 1 saturated heterocycles. The molecule has 1 aromatic carbocycles. The number of amides is 1. The minimum atomic E-state index is -1.58. The molecule has 1 aliphatic heterocycles. The van der Waals surface area contributed by atoms with Crippen LogP contribution < -0.4 is 5.32 Å². The number of hydrogen-bond donors (Lipinski definition) is 2. The van der Waals surface area contributed by atoms with Crippen LogP contribution in [0, 0.1) is 11.7 Å². The van der Waals surface area contributed by atoms with Crippen molar-refractivity contribution in [2.24, 2.45) is 5.92 Å². The fraction of sp³-hybridized carbons (Fsp3) is 0.625. The average molecular weight is 403 g/mol. The summed E-state index contributed by atoms with van der Waals surface area (Å²) in [5, 5.41) is 14.7. The number of carbonyl (C=O) groups is 1. The SMILES string of the molecule is CC(C)=CCCN1CCC(NC(=O)C(O)(c2ccc(F)cc2)C2CCCC2)CC1. The maximum atomic E-state index is 13.4. The molecule has 2 N–H and O–H groups in total. The number of nitrogens with one attached hydrogen (secondary N) is 1. The summed E-state index contributed by atoms with van der Waals surface area (Å²) in [7, 11) is 0. The van der Waals surface area contributed by atoms with Crippen molar-refractivity contribution >= 4 is 5.91 Å². The number of likely N-dealkylation sites (tertiary alicyclic amines) is 1. The first kappa shape index (κ1) is 22.0. The maximum Gasteiger partial charge on any atom is 0.257 e. The Kier molecular flexibility index (Phi) is 7.47. The molecule has 2 aliphatic rings. The van der Waals surface area contributed by atoms with E-state index in [2.05, 4.69) is 30.1 Å². The molecule has 2 fully saturated rings. The van der Waals surface area contributed by atoms with Gasteiger partial charge in [0.2, 0.25) is 0 Å². The van der Waals surface area contributed by atoms with Gasteiger partial charge in [0.25, 0.3) is 5.91 Å². The molecule has 29 heavy (non-hydrogen) atoms. The summed E-state index contributed by atoms with van der Waals surface area (Å²) < 4.78 is 13.4. The van der Waals surface area contributed by atoms with Crippen LogP contribution in [-0.4, -0.2) is 41.6 Å². The molecule has 0 bridgehead atoms. The first-order chi connectivity index (χ1) is 13.9. The van der Waals surface area contributed by atoms with E-state index in [4.69, 9.17) is 0 Å². The molecule has 0 spiro atoms. The molecule has 1 atom stereocenters. The standard InChI is InChI=1S/C24H35FN2O2/c1-18(2)6-5-15-27-16-13-22(14-17-27)26-23(28)24(29,19-7-3-4-8-19)20-9-11-21(25)12-10-20/h6,9-12,19,22,29H,3-5,7-8,13-17H2,1-2H3,(H,26,28). The molecule has 1 unspecified atom stereocenters. The number of rotatable bonds is 7.